The molecule has 0 saturated carbocycles. The zero-order valence-electron chi connectivity index (χ0n) is 9.82. The van der Waals surface area contributed by atoms with E-state index in [4.69, 9.17) is 14.2 Å². The van der Waals surface area contributed by atoms with Crippen molar-refractivity contribution in [1.29, 1.82) is 0 Å². The molecule has 2 N–H and O–H groups in total. The van der Waals surface area contributed by atoms with E-state index in [-0.39, 0.29) is 0 Å². The maximum atomic E-state index is 11.4. The van der Waals surface area contributed by atoms with Gasteiger partial charge < -0.3 is 29.2 Å². The van der Waals surface area contributed by atoms with Gasteiger partial charge in [-0.05, 0) is 13.8 Å². The Labute approximate surface area is 98.2 Å². The summed E-state index contributed by atoms with van der Waals surface area (Å²) in [5.74, 6) is -1.69. The molecule has 0 bridgehead atoms. The highest BCUT2D eigenvalue weighted by atomic mass is 16.8. The van der Waals surface area contributed by atoms with Crippen LogP contribution in [0.4, 0.5) is 0 Å². The molecule has 2 rings (SSSR count). The summed E-state index contributed by atoms with van der Waals surface area (Å²) < 4.78 is 20.5. The van der Waals surface area contributed by atoms with Gasteiger partial charge in [0.2, 0.25) is 0 Å². The van der Waals surface area contributed by atoms with Gasteiger partial charge in [-0.25, -0.2) is 4.79 Å². The maximum absolute atomic E-state index is 11.4. The van der Waals surface area contributed by atoms with Crippen LogP contribution in [0.1, 0.15) is 13.8 Å². The summed E-state index contributed by atoms with van der Waals surface area (Å²) in [6.45, 7) is 3.31. The predicted octanol–water partition coefficient (Wildman–Crippen LogP) is -1.24. The van der Waals surface area contributed by atoms with E-state index in [1.54, 1.807) is 13.8 Å². The third-order valence-electron chi connectivity index (χ3n) is 2.80. The van der Waals surface area contributed by atoms with E-state index in [0.717, 1.165) is 0 Å². The Morgan fingerprint density at radius 2 is 1.88 bits per heavy atom. The van der Waals surface area contributed by atoms with E-state index in [2.05, 4.69) is 4.74 Å². The molecule has 0 spiro atoms. The van der Waals surface area contributed by atoms with Crippen molar-refractivity contribution in [2.24, 2.45) is 0 Å². The van der Waals surface area contributed by atoms with Crippen molar-refractivity contribution in [3.05, 3.63) is 0 Å². The van der Waals surface area contributed by atoms with Crippen molar-refractivity contribution >= 4 is 5.97 Å². The van der Waals surface area contributed by atoms with E-state index >= 15 is 0 Å². The summed E-state index contributed by atoms with van der Waals surface area (Å²) in [5, 5.41) is 19.6. The Hall–Kier alpha value is -0.730. The van der Waals surface area contributed by atoms with Gasteiger partial charge in [0.15, 0.2) is 18.2 Å². The Morgan fingerprint density at radius 1 is 1.24 bits per heavy atom. The lowest BCUT2D eigenvalue weighted by Gasteiger charge is -2.36. The molecule has 2 aliphatic rings. The zero-order chi connectivity index (χ0) is 12.8. The molecule has 0 amide bonds. The summed E-state index contributed by atoms with van der Waals surface area (Å²) in [4.78, 5) is 11.4. The van der Waals surface area contributed by atoms with Crippen molar-refractivity contribution in [3.63, 3.8) is 0 Å². The lowest BCUT2D eigenvalue weighted by molar-refractivity contribution is -0.252. The number of rotatable bonds is 1. The molecule has 0 aromatic heterocycles. The third kappa shape index (κ3) is 2.16. The second kappa shape index (κ2) is 4.18. The molecule has 0 unspecified atom stereocenters. The predicted molar refractivity (Wildman–Crippen MR) is 52.7 cm³/mol. The molecule has 5 atom stereocenters. The lowest BCUT2D eigenvalue weighted by atomic mass is 9.99. The number of aliphatic hydroxyl groups excluding tert-OH is 2. The molecule has 17 heavy (non-hydrogen) atoms. The molecule has 2 saturated heterocycles. The first-order chi connectivity index (χ1) is 7.85. The largest absolute Gasteiger partial charge is 0.467 e. The van der Waals surface area contributed by atoms with E-state index in [9.17, 15) is 15.0 Å². The number of carbonyl (C=O) groups is 1. The number of methoxy groups -OCH3 is 1. The highest BCUT2D eigenvalue weighted by molar-refractivity contribution is 5.75. The Bertz CT molecular complexity index is 316. The molecule has 0 aliphatic carbocycles. The smallest absolute Gasteiger partial charge is 0.337 e. The molecule has 7 heteroatoms. The summed E-state index contributed by atoms with van der Waals surface area (Å²) in [6.07, 6.45) is -5.65. The number of hydrogen-bond donors (Lipinski definition) is 2. The third-order valence-corrected chi connectivity index (χ3v) is 2.80. The van der Waals surface area contributed by atoms with Crippen molar-refractivity contribution in [3.8, 4) is 0 Å². The number of esters is 1. The number of fused-ring (bicyclic) bond motifs is 1. The van der Waals surface area contributed by atoms with Crippen LogP contribution in [0.2, 0.25) is 0 Å². The lowest BCUT2D eigenvalue weighted by Crippen LogP contribution is -2.58. The fraction of sp³-hybridized carbons (Fsp3) is 0.900. The quantitative estimate of drug-likeness (QED) is 0.560. The normalized spacial score (nSPS) is 44.2. The van der Waals surface area contributed by atoms with Crippen LogP contribution in [0.25, 0.3) is 0 Å². The van der Waals surface area contributed by atoms with Crippen LogP contribution < -0.4 is 0 Å². The van der Waals surface area contributed by atoms with E-state index in [1.807, 2.05) is 0 Å². The van der Waals surface area contributed by atoms with Gasteiger partial charge in [0.25, 0.3) is 0 Å². The Morgan fingerprint density at radius 3 is 2.47 bits per heavy atom. The summed E-state index contributed by atoms with van der Waals surface area (Å²) in [6, 6.07) is 0. The molecular weight excluding hydrogens is 232 g/mol. The first kappa shape index (κ1) is 12.7. The molecule has 7 nitrogen and oxygen atoms in total. The minimum Gasteiger partial charge on any atom is -0.467 e. The van der Waals surface area contributed by atoms with Crippen LogP contribution in [-0.4, -0.2) is 59.8 Å². The van der Waals surface area contributed by atoms with Crippen molar-refractivity contribution in [2.45, 2.75) is 50.3 Å². The highest BCUT2D eigenvalue weighted by Crippen LogP contribution is 2.36. The molecule has 2 aliphatic heterocycles. The summed E-state index contributed by atoms with van der Waals surface area (Å²) >= 11 is 0. The van der Waals surface area contributed by atoms with Crippen LogP contribution in [0.15, 0.2) is 0 Å². The van der Waals surface area contributed by atoms with Gasteiger partial charge in [0, 0.05) is 0 Å². The number of ether oxygens (including phenoxy) is 4. The van der Waals surface area contributed by atoms with Gasteiger partial charge in [0.05, 0.1) is 7.11 Å². The fourth-order valence-corrected chi connectivity index (χ4v) is 2.00. The van der Waals surface area contributed by atoms with Crippen molar-refractivity contribution in [1.82, 2.24) is 0 Å². The van der Waals surface area contributed by atoms with Crippen LogP contribution in [0.3, 0.4) is 0 Å². The monoisotopic (exact) mass is 248 g/mol. The number of aliphatic hydroxyl groups is 2. The van der Waals surface area contributed by atoms with Crippen molar-refractivity contribution in [2.75, 3.05) is 7.11 Å². The average Bonchev–Trinajstić information content (AvgIpc) is 2.57. The fourth-order valence-electron chi connectivity index (χ4n) is 2.00. The maximum Gasteiger partial charge on any atom is 0.337 e. The topological polar surface area (TPSA) is 94.5 Å². The van der Waals surface area contributed by atoms with Crippen LogP contribution in [0.5, 0.6) is 0 Å². The van der Waals surface area contributed by atoms with Gasteiger partial charge in [-0.15, -0.1) is 0 Å². The van der Waals surface area contributed by atoms with Crippen LogP contribution in [0, 0.1) is 0 Å². The van der Waals surface area contributed by atoms with E-state index in [1.165, 1.54) is 7.11 Å². The average molecular weight is 248 g/mol. The van der Waals surface area contributed by atoms with E-state index < -0.39 is 42.5 Å². The second-order valence-corrected chi connectivity index (χ2v) is 4.53. The SMILES string of the molecule is COC(=O)[C@H]1O[C@@H]2OC(C)(C)O[C@@H]2[C@@H](O)[C@H]1O. The summed E-state index contributed by atoms with van der Waals surface area (Å²) in [7, 11) is 1.17. The van der Waals surface area contributed by atoms with Gasteiger partial charge >= 0.3 is 5.97 Å². The molecule has 2 fully saturated rings. The number of hydrogen-bond acceptors (Lipinski definition) is 7. The Kier molecular flexibility index (Phi) is 3.13. The van der Waals surface area contributed by atoms with Gasteiger partial charge in [-0.1, -0.05) is 0 Å². The van der Waals surface area contributed by atoms with Gasteiger partial charge in [-0.3, -0.25) is 0 Å². The van der Waals surface area contributed by atoms with Crippen LogP contribution in [-0.2, 0) is 23.7 Å². The summed E-state index contributed by atoms with van der Waals surface area (Å²) in [5.41, 5.74) is 0. The first-order valence-electron chi connectivity index (χ1n) is 5.31. The Balaban J connectivity index is 2.16. The molecular formula is C10H16O7. The van der Waals surface area contributed by atoms with Gasteiger partial charge in [0.1, 0.15) is 18.3 Å². The number of carbonyl (C=O) groups excluding carboxylic acids is 1. The highest BCUT2D eigenvalue weighted by Gasteiger charge is 2.55. The standard InChI is InChI=1S/C10H16O7/c1-10(2)16-7-5(12)4(11)6(8(13)14-3)15-9(7)17-10/h4-7,9,11-12H,1-3H3/t4-,5+,6+,7-,9-/m1/s1. The minimum absolute atomic E-state index is 0.761. The van der Waals surface area contributed by atoms with Gasteiger partial charge in [-0.2, -0.15) is 0 Å². The minimum atomic E-state index is -1.40. The zero-order valence-corrected chi connectivity index (χ0v) is 9.82. The van der Waals surface area contributed by atoms with Crippen LogP contribution >= 0.6 is 0 Å². The molecule has 98 valence electrons. The van der Waals surface area contributed by atoms with E-state index in [0.29, 0.717) is 0 Å². The molecule has 0 radical (unpaired) electrons. The molecule has 0 aromatic carbocycles. The van der Waals surface area contributed by atoms with Crippen molar-refractivity contribution < 1.29 is 34.0 Å². The molecule has 2 heterocycles. The first-order valence-corrected chi connectivity index (χ1v) is 5.31. The second-order valence-electron chi connectivity index (χ2n) is 4.53. The molecule has 0 aromatic rings.